The summed E-state index contributed by atoms with van der Waals surface area (Å²) in [6, 6.07) is 7.30. The van der Waals surface area contributed by atoms with E-state index in [1.54, 1.807) is 19.9 Å². The van der Waals surface area contributed by atoms with Gasteiger partial charge in [0.25, 0.3) is 0 Å². The van der Waals surface area contributed by atoms with Crippen molar-refractivity contribution in [1.29, 1.82) is 0 Å². The fourth-order valence-corrected chi connectivity index (χ4v) is 4.94. The maximum Gasteiger partial charge on any atom is 0.330 e. The summed E-state index contributed by atoms with van der Waals surface area (Å²) in [7, 11) is -0.776. The monoisotopic (exact) mass is 420 g/mol. The number of benzene rings is 1. The number of carboxylic acid groups (broad SMARTS) is 1. The Kier molecular flexibility index (Phi) is 8.20. The fraction of sp³-hybridized carbons (Fsp3) is 0.565. The molecule has 0 spiro atoms. The zero-order valence-corrected chi connectivity index (χ0v) is 18.4. The molecule has 2 atom stereocenters. The van der Waals surface area contributed by atoms with Crippen molar-refractivity contribution in [3.8, 4) is 0 Å². The van der Waals surface area contributed by atoms with Crippen LogP contribution in [0, 0.1) is 5.41 Å². The molecule has 29 heavy (non-hydrogen) atoms. The van der Waals surface area contributed by atoms with E-state index in [0.29, 0.717) is 18.8 Å². The third kappa shape index (κ3) is 6.53. The van der Waals surface area contributed by atoms with Gasteiger partial charge in [0.15, 0.2) is 0 Å². The molecule has 5 nitrogen and oxygen atoms in total. The molecule has 2 rings (SSSR count). The van der Waals surface area contributed by atoms with Crippen LogP contribution >= 0.6 is 0 Å². The van der Waals surface area contributed by atoms with Gasteiger partial charge in [-0.1, -0.05) is 37.6 Å². The highest BCUT2D eigenvalue weighted by molar-refractivity contribution is 7.84. The number of carbonyl (C=O) groups is 2. The standard InChI is InChI=1S/C23H32O5S/c1-4-28-20(24)11-10-18-8-6-9-19(16-18)22(3,21(25)26)12-7-13-23(14-15-23)17-29(27)5-2/h6,8-11,16H,4-5,7,12-15,17H2,1-3H3,(H,25,26)/b11-10+. The van der Waals surface area contributed by atoms with E-state index >= 15 is 0 Å². The average Bonchev–Trinajstić information content (AvgIpc) is 3.45. The van der Waals surface area contributed by atoms with Gasteiger partial charge in [-0.25, -0.2) is 4.79 Å². The van der Waals surface area contributed by atoms with E-state index < -0.39 is 28.2 Å². The molecular formula is C23H32O5S. The average molecular weight is 421 g/mol. The number of carboxylic acids is 1. The maximum absolute atomic E-state index is 12.1. The summed E-state index contributed by atoms with van der Waals surface area (Å²) < 4.78 is 16.8. The number of carbonyl (C=O) groups excluding carboxylic acids is 1. The second-order valence-electron chi connectivity index (χ2n) is 8.07. The summed E-state index contributed by atoms with van der Waals surface area (Å²) in [6.07, 6.45) is 7.41. The van der Waals surface area contributed by atoms with Gasteiger partial charge in [0, 0.05) is 28.4 Å². The molecule has 0 aromatic heterocycles. The van der Waals surface area contributed by atoms with Gasteiger partial charge < -0.3 is 9.84 Å². The van der Waals surface area contributed by atoms with E-state index in [9.17, 15) is 18.9 Å². The van der Waals surface area contributed by atoms with Crippen molar-refractivity contribution >= 4 is 28.8 Å². The van der Waals surface area contributed by atoms with E-state index in [-0.39, 0.29) is 5.41 Å². The Bertz CT molecular complexity index is 781. The van der Waals surface area contributed by atoms with Gasteiger partial charge in [0.2, 0.25) is 0 Å². The number of aliphatic carboxylic acids is 1. The zero-order valence-electron chi connectivity index (χ0n) is 17.6. The Labute approximate surface area is 176 Å². The predicted molar refractivity (Wildman–Crippen MR) is 116 cm³/mol. The topological polar surface area (TPSA) is 80.7 Å². The molecule has 2 unspecified atom stereocenters. The van der Waals surface area contributed by atoms with Gasteiger partial charge in [0.05, 0.1) is 12.0 Å². The summed E-state index contributed by atoms with van der Waals surface area (Å²) in [5.74, 6) is 0.145. The van der Waals surface area contributed by atoms with Crippen molar-refractivity contribution in [3.63, 3.8) is 0 Å². The van der Waals surface area contributed by atoms with Crippen molar-refractivity contribution in [2.24, 2.45) is 5.41 Å². The molecule has 1 N–H and O–H groups in total. The minimum atomic E-state index is -1.01. The molecule has 0 aliphatic heterocycles. The van der Waals surface area contributed by atoms with Crippen molar-refractivity contribution in [3.05, 3.63) is 41.5 Å². The summed E-state index contributed by atoms with van der Waals surface area (Å²) in [5.41, 5.74) is 0.635. The second-order valence-corrected chi connectivity index (χ2v) is 9.82. The Morgan fingerprint density at radius 2 is 2.03 bits per heavy atom. The van der Waals surface area contributed by atoms with Crippen molar-refractivity contribution in [2.75, 3.05) is 18.1 Å². The first kappa shape index (κ1) is 23.3. The summed E-state index contributed by atoms with van der Waals surface area (Å²) in [5, 5.41) is 9.95. The van der Waals surface area contributed by atoms with Crippen LogP contribution in [0.25, 0.3) is 6.08 Å². The van der Waals surface area contributed by atoms with Crippen LogP contribution in [0.5, 0.6) is 0 Å². The van der Waals surface area contributed by atoms with E-state index in [0.717, 1.165) is 42.6 Å². The summed E-state index contributed by atoms with van der Waals surface area (Å²) in [4.78, 5) is 23.7. The van der Waals surface area contributed by atoms with Crippen LogP contribution in [0.4, 0.5) is 0 Å². The number of rotatable bonds is 12. The quantitative estimate of drug-likeness (QED) is 0.402. The van der Waals surface area contributed by atoms with Crippen LogP contribution in [-0.2, 0) is 30.5 Å². The normalized spacial score (nSPS) is 18.2. The molecule has 1 aliphatic rings. The number of hydrogen-bond donors (Lipinski definition) is 1. The SMILES string of the molecule is CCOC(=O)/C=C/c1cccc(C(C)(CCCC2(CS(=O)CC)CC2)C(=O)O)c1. The molecule has 1 aromatic carbocycles. The van der Waals surface area contributed by atoms with Gasteiger partial charge in [-0.3, -0.25) is 9.00 Å². The summed E-state index contributed by atoms with van der Waals surface area (Å²) >= 11 is 0. The molecule has 1 aliphatic carbocycles. The van der Waals surface area contributed by atoms with E-state index in [1.165, 1.54) is 6.08 Å². The third-order valence-electron chi connectivity index (χ3n) is 5.82. The first-order chi connectivity index (χ1) is 13.7. The van der Waals surface area contributed by atoms with Gasteiger partial charge in [-0.05, 0) is 62.1 Å². The molecule has 1 aromatic rings. The zero-order chi connectivity index (χ0) is 21.5. The van der Waals surface area contributed by atoms with Crippen LogP contribution < -0.4 is 0 Å². The molecule has 0 amide bonds. The minimum Gasteiger partial charge on any atom is -0.481 e. The van der Waals surface area contributed by atoms with Crippen LogP contribution in [0.2, 0.25) is 0 Å². The highest BCUT2D eigenvalue weighted by atomic mass is 32.2. The smallest absolute Gasteiger partial charge is 0.330 e. The molecule has 0 saturated heterocycles. The number of ether oxygens (including phenoxy) is 1. The van der Waals surface area contributed by atoms with E-state index in [2.05, 4.69) is 0 Å². The first-order valence-electron chi connectivity index (χ1n) is 10.3. The van der Waals surface area contributed by atoms with Gasteiger partial charge >= 0.3 is 11.9 Å². The van der Waals surface area contributed by atoms with E-state index in [4.69, 9.17) is 4.74 Å². The van der Waals surface area contributed by atoms with Crippen LogP contribution in [-0.4, -0.2) is 39.4 Å². The third-order valence-corrected chi connectivity index (χ3v) is 7.40. The van der Waals surface area contributed by atoms with Crippen molar-refractivity contribution in [2.45, 2.75) is 58.3 Å². The number of esters is 1. The Balaban J connectivity index is 2.08. The Morgan fingerprint density at radius 1 is 1.31 bits per heavy atom. The first-order valence-corrected chi connectivity index (χ1v) is 11.8. The Morgan fingerprint density at radius 3 is 2.62 bits per heavy atom. The largest absolute Gasteiger partial charge is 0.481 e. The Hall–Kier alpha value is -1.95. The van der Waals surface area contributed by atoms with Crippen molar-refractivity contribution in [1.82, 2.24) is 0 Å². The molecule has 0 heterocycles. The lowest BCUT2D eigenvalue weighted by Gasteiger charge is -2.27. The highest BCUT2D eigenvalue weighted by Gasteiger charge is 2.44. The molecule has 160 valence electrons. The lowest BCUT2D eigenvalue weighted by molar-refractivity contribution is -0.143. The van der Waals surface area contributed by atoms with Gasteiger partial charge in [-0.15, -0.1) is 0 Å². The van der Waals surface area contributed by atoms with Crippen molar-refractivity contribution < 1.29 is 23.6 Å². The van der Waals surface area contributed by atoms with Gasteiger partial charge in [0.1, 0.15) is 0 Å². The second kappa shape index (κ2) is 10.2. The minimum absolute atomic E-state index is 0.157. The van der Waals surface area contributed by atoms with Gasteiger partial charge in [-0.2, -0.15) is 0 Å². The number of hydrogen-bond acceptors (Lipinski definition) is 4. The maximum atomic E-state index is 12.1. The fourth-order valence-electron chi connectivity index (χ4n) is 3.62. The molecule has 1 fully saturated rings. The molecule has 0 bridgehead atoms. The lowest BCUT2D eigenvalue weighted by Crippen LogP contribution is -2.32. The summed E-state index contributed by atoms with van der Waals surface area (Å²) in [6.45, 7) is 5.76. The lowest BCUT2D eigenvalue weighted by atomic mass is 9.77. The molecular weight excluding hydrogens is 388 g/mol. The predicted octanol–water partition coefficient (Wildman–Crippen LogP) is 4.32. The molecule has 0 radical (unpaired) electrons. The molecule has 1 saturated carbocycles. The van der Waals surface area contributed by atoms with E-state index in [1.807, 2.05) is 31.2 Å². The van der Waals surface area contributed by atoms with Crippen LogP contribution in [0.1, 0.15) is 64.0 Å². The van der Waals surface area contributed by atoms with Crippen LogP contribution in [0.15, 0.2) is 30.3 Å². The van der Waals surface area contributed by atoms with Crippen LogP contribution in [0.3, 0.4) is 0 Å². The molecule has 6 heteroatoms. The highest BCUT2D eigenvalue weighted by Crippen LogP contribution is 2.51.